The summed E-state index contributed by atoms with van der Waals surface area (Å²) in [5, 5.41) is 8.67. The summed E-state index contributed by atoms with van der Waals surface area (Å²) in [4.78, 5) is 28.5. The molecule has 0 unspecified atom stereocenters. The molecule has 6 nitrogen and oxygen atoms in total. The van der Waals surface area contributed by atoms with E-state index in [4.69, 9.17) is 5.11 Å². The van der Waals surface area contributed by atoms with Crippen molar-refractivity contribution in [2.24, 2.45) is 13.0 Å². The van der Waals surface area contributed by atoms with E-state index in [1.807, 2.05) is 4.90 Å². The highest BCUT2D eigenvalue weighted by atomic mass is 16.4. The van der Waals surface area contributed by atoms with Gasteiger partial charge in [0, 0.05) is 26.6 Å². The average Bonchev–Trinajstić information content (AvgIpc) is 2.82. The molecule has 1 N–H and O–H groups in total. The lowest BCUT2D eigenvalue weighted by Gasteiger charge is -2.31. The summed E-state index contributed by atoms with van der Waals surface area (Å²) in [6.07, 6.45) is 5.91. The zero-order valence-corrected chi connectivity index (χ0v) is 11.1. The fourth-order valence-electron chi connectivity index (χ4n) is 2.48. The van der Waals surface area contributed by atoms with Gasteiger partial charge in [0.2, 0.25) is 0 Å². The van der Waals surface area contributed by atoms with Crippen LogP contribution in [0, 0.1) is 5.92 Å². The monoisotopic (exact) mass is 265 g/mol. The summed E-state index contributed by atoms with van der Waals surface area (Å²) in [6.45, 7) is 1.41. The van der Waals surface area contributed by atoms with Crippen molar-refractivity contribution in [3.63, 3.8) is 0 Å². The number of amides is 1. The summed E-state index contributed by atoms with van der Waals surface area (Å²) in [6, 6.07) is 0. The number of carboxylic acids is 1. The van der Waals surface area contributed by atoms with E-state index in [9.17, 15) is 9.59 Å². The first-order chi connectivity index (χ1) is 9.08. The molecule has 104 valence electrons. The molecule has 19 heavy (non-hydrogen) atoms. The molecule has 0 bridgehead atoms. The van der Waals surface area contributed by atoms with Crippen LogP contribution < -0.4 is 0 Å². The van der Waals surface area contributed by atoms with E-state index in [0.29, 0.717) is 31.1 Å². The van der Waals surface area contributed by atoms with E-state index in [2.05, 4.69) is 4.98 Å². The second-order valence-electron chi connectivity index (χ2n) is 5.06. The van der Waals surface area contributed by atoms with Gasteiger partial charge in [-0.2, -0.15) is 0 Å². The van der Waals surface area contributed by atoms with E-state index in [1.54, 1.807) is 24.1 Å². The van der Waals surface area contributed by atoms with Gasteiger partial charge in [-0.3, -0.25) is 9.59 Å². The Morgan fingerprint density at radius 1 is 1.42 bits per heavy atom. The molecule has 2 rings (SSSR count). The standard InChI is InChI=1S/C13H19N3O3/c1-15-9-14-8-11(15)13(19)16-6-4-10(5-7-16)2-3-12(17)18/h8-10H,2-7H2,1H3,(H,17,18). The first kappa shape index (κ1) is 13.6. The van der Waals surface area contributed by atoms with Gasteiger partial charge in [-0.1, -0.05) is 0 Å². The number of aryl methyl sites for hydroxylation is 1. The van der Waals surface area contributed by atoms with Gasteiger partial charge in [-0.05, 0) is 25.2 Å². The molecule has 1 aliphatic heterocycles. The van der Waals surface area contributed by atoms with Crippen molar-refractivity contribution in [1.29, 1.82) is 0 Å². The molecule has 0 aliphatic carbocycles. The average molecular weight is 265 g/mol. The molecule has 0 atom stereocenters. The van der Waals surface area contributed by atoms with Crippen molar-refractivity contribution in [3.05, 3.63) is 18.2 Å². The number of hydrogen-bond acceptors (Lipinski definition) is 3. The Balaban J connectivity index is 1.85. The molecule has 0 spiro atoms. The van der Waals surface area contributed by atoms with Crippen molar-refractivity contribution < 1.29 is 14.7 Å². The molecule has 1 aliphatic rings. The van der Waals surface area contributed by atoms with E-state index < -0.39 is 5.97 Å². The number of aliphatic carboxylic acids is 1. The van der Waals surface area contributed by atoms with Crippen LogP contribution in [-0.2, 0) is 11.8 Å². The Kier molecular flexibility index (Phi) is 4.19. The number of carboxylic acid groups (broad SMARTS) is 1. The molecule has 1 fully saturated rings. The predicted octanol–water partition coefficient (Wildman–Crippen LogP) is 1.14. The minimum atomic E-state index is -0.742. The second-order valence-corrected chi connectivity index (χ2v) is 5.06. The van der Waals surface area contributed by atoms with E-state index >= 15 is 0 Å². The van der Waals surface area contributed by atoms with Crippen LogP contribution in [0.4, 0.5) is 0 Å². The molecule has 0 radical (unpaired) electrons. The molecule has 1 aromatic heterocycles. The third-order valence-corrected chi connectivity index (χ3v) is 3.70. The van der Waals surface area contributed by atoms with Crippen LogP contribution in [0.15, 0.2) is 12.5 Å². The number of aromatic nitrogens is 2. The van der Waals surface area contributed by atoms with Gasteiger partial charge in [0.25, 0.3) is 5.91 Å². The fraction of sp³-hybridized carbons (Fsp3) is 0.615. The number of hydrogen-bond donors (Lipinski definition) is 1. The molecule has 6 heteroatoms. The number of imidazole rings is 1. The second kappa shape index (κ2) is 5.86. The van der Waals surface area contributed by atoms with Gasteiger partial charge in [0.15, 0.2) is 0 Å². The summed E-state index contributed by atoms with van der Waals surface area (Å²) >= 11 is 0. The number of carbonyl (C=O) groups excluding carboxylic acids is 1. The SMILES string of the molecule is Cn1cncc1C(=O)N1CCC(CCC(=O)O)CC1. The predicted molar refractivity (Wildman–Crippen MR) is 68.7 cm³/mol. The minimum Gasteiger partial charge on any atom is -0.481 e. The number of piperidine rings is 1. The smallest absolute Gasteiger partial charge is 0.303 e. The zero-order chi connectivity index (χ0) is 13.8. The lowest BCUT2D eigenvalue weighted by Crippen LogP contribution is -2.39. The molecular weight excluding hydrogens is 246 g/mol. The molecule has 1 amide bonds. The molecule has 0 saturated carbocycles. The van der Waals surface area contributed by atoms with Crippen molar-refractivity contribution in [2.75, 3.05) is 13.1 Å². The summed E-state index contributed by atoms with van der Waals surface area (Å²) < 4.78 is 1.72. The third-order valence-electron chi connectivity index (χ3n) is 3.70. The zero-order valence-electron chi connectivity index (χ0n) is 11.1. The molecular formula is C13H19N3O3. The maximum absolute atomic E-state index is 12.2. The highest BCUT2D eigenvalue weighted by molar-refractivity contribution is 5.92. The van der Waals surface area contributed by atoms with Gasteiger partial charge >= 0.3 is 5.97 Å². The lowest BCUT2D eigenvalue weighted by molar-refractivity contribution is -0.137. The number of rotatable bonds is 4. The maximum atomic E-state index is 12.2. The van der Waals surface area contributed by atoms with E-state index in [1.165, 1.54) is 0 Å². The topological polar surface area (TPSA) is 75.4 Å². The van der Waals surface area contributed by atoms with Crippen LogP contribution in [-0.4, -0.2) is 44.5 Å². The maximum Gasteiger partial charge on any atom is 0.303 e. The van der Waals surface area contributed by atoms with Crippen LogP contribution >= 0.6 is 0 Å². The van der Waals surface area contributed by atoms with Gasteiger partial charge < -0.3 is 14.6 Å². The first-order valence-electron chi connectivity index (χ1n) is 6.55. The largest absolute Gasteiger partial charge is 0.481 e. The fourth-order valence-corrected chi connectivity index (χ4v) is 2.48. The third kappa shape index (κ3) is 3.33. The van der Waals surface area contributed by atoms with Crippen LogP contribution in [0.5, 0.6) is 0 Å². The van der Waals surface area contributed by atoms with Crippen LogP contribution in [0.1, 0.15) is 36.2 Å². The van der Waals surface area contributed by atoms with Gasteiger partial charge in [0.1, 0.15) is 5.69 Å². The van der Waals surface area contributed by atoms with Crippen LogP contribution in [0.2, 0.25) is 0 Å². The summed E-state index contributed by atoms with van der Waals surface area (Å²) in [5.74, 6) is -0.309. The Morgan fingerprint density at radius 2 is 2.11 bits per heavy atom. The van der Waals surface area contributed by atoms with Gasteiger partial charge in [-0.25, -0.2) is 4.98 Å². The number of likely N-dealkylation sites (tertiary alicyclic amines) is 1. The van der Waals surface area contributed by atoms with E-state index in [-0.39, 0.29) is 12.3 Å². The quantitative estimate of drug-likeness (QED) is 0.885. The van der Waals surface area contributed by atoms with Crippen LogP contribution in [0.25, 0.3) is 0 Å². The Labute approximate surface area is 112 Å². The molecule has 1 aromatic rings. The highest BCUT2D eigenvalue weighted by Crippen LogP contribution is 2.22. The van der Waals surface area contributed by atoms with E-state index in [0.717, 1.165) is 12.8 Å². The molecule has 1 saturated heterocycles. The van der Waals surface area contributed by atoms with Crippen LogP contribution in [0.3, 0.4) is 0 Å². The van der Waals surface area contributed by atoms with Crippen molar-refractivity contribution in [2.45, 2.75) is 25.7 Å². The Hall–Kier alpha value is -1.85. The van der Waals surface area contributed by atoms with Crippen molar-refractivity contribution in [3.8, 4) is 0 Å². The minimum absolute atomic E-state index is 0.0108. The Morgan fingerprint density at radius 3 is 2.63 bits per heavy atom. The summed E-state index contributed by atoms with van der Waals surface area (Å²) in [7, 11) is 1.81. The lowest BCUT2D eigenvalue weighted by atomic mass is 9.92. The van der Waals surface area contributed by atoms with Gasteiger partial charge in [0.05, 0.1) is 12.5 Å². The Bertz CT molecular complexity index is 461. The highest BCUT2D eigenvalue weighted by Gasteiger charge is 2.25. The first-order valence-corrected chi connectivity index (χ1v) is 6.55. The molecule has 0 aromatic carbocycles. The van der Waals surface area contributed by atoms with Crippen molar-refractivity contribution >= 4 is 11.9 Å². The number of nitrogens with zero attached hydrogens (tertiary/aromatic N) is 3. The van der Waals surface area contributed by atoms with Crippen molar-refractivity contribution in [1.82, 2.24) is 14.5 Å². The molecule has 2 heterocycles. The summed E-state index contributed by atoms with van der Waals surface area (Å²) in [5.41, 5.74) is 0.601. The number of carbonyl (C=O) groups is 2. The van der Waals surface area contributed by atoms with Gasteiger partial charge in [-0.15, -0.1) is 0 Å². The normalized spacial score (nSPS) is 16.6.